The highest BCUT2D eigenvalue weighted by atomic mass is 32.1. The van der Waals surface area contributed by atoms with E-state index in [1.165, 1.54) is 21.2 Å². The molecule has 4 heteroatoms. The minimum Gasteiger partial charge on any atom is -0.310 e. The first-order valence-electron chi connectivity index (χ1n) is 13.9. The highest BCUT2D eigenvalue weighted by Crippen LogP contribution is 2.41. The molecule has 8 rings (SSSR count). The van der Waals surface area contributed by atoms with Crippen molar-refractivity contribution in [3.8, 4) is 33.8 Å². The van der Waals surface area contributed by atoms with Gasteiger partial charge < -0.3 is 4.57 Å². The lowest BCUT2D eigenvalue weighted by Crippen LogP contribution is -1.95. The van der Waals surface area contributed by atoms with Gasteiger partial charge in [0.1, 0.15) is 4.83 Å². The molecule has 42 heavy (non-hydrogen) atoms. The van der Waals surface area contributed by atoms with Crippen LogP contribution in [0.3, 0.4) is 0 Å². The van der Waals surface area contributed by atoms with Gasteiger partial charge in [-0.1, -0.05) is 104 Å². The van der Waals surface area contributed by atoms with E-state index < -0.39 is 0 Å². The predicted octanol–water partition coefficient (Wildman–Crippen LogP) is 10.6. The molecule has 0 amide bonds. The summed E-state index contributed by atoms with van der Waals surface area (Å²) in [6.45, 7) is 8.21. The van der Waals surface area contributed by atoms with Crippen LogP contribution >= 0.6 is 11.3 Å². The summed E-state index contributed by atoms with van der Waals surface area (Å²) in [4.78, 5) is 11.4. The molecule has 0 bridgehead atoms. The molecule has 3 heterocycles. The van der Waals surface area contributed by atoms with Gasteiger partial charge in [-0.25, -0.2) is 9.97 Å². The van der Waals surface area contributed by atoms with E-state index in [4.69, 9.17) is 9.97 Å². The maximum Gasteiger partial charge on any atom is 0.161 e. The third-order valence-corrected chi connectivity index (χ3v) is 9.02. The number of allylic oxidation sites excluding steroid dienone is 2. The Morgan fingerprint density at radius 1 is 0.619 bits per heavy atom. The Balaban J connectivity index is 1.35. The third-order valence-electron chi connectivity index (χ3n) is 7.96. The highest BCUT2D eigenvalue weighted by Gasteiger charge is 2.18. The molecular weight excluding hydrogens is 531 g/mol. The Morgan fingerprint density at radius 3 is 2.07 bits per heavy atom. The van der Waals surface area contributed by atoms with Gasteiger partial charge in [-0.15, -0.1) is 11.3 Å². The Kier molecular flexibility index (Phi) is 5.62. The zero-order valence-electron chi connectivity index (χ0n) is 22.8. The van der Waals surface area contributed by atoms with E-state index in [-0.39, 0.29) is 0 Å². The topological polar surface area (TPSA) is 30.7 Å². The molecular formula is C38H25N3S. The first-order valence-corrected chi connectivity index (χ1v) is 14.7. The Bertz CT molecular complexity index is 2320. The van der Waals surface area contributed by atoms with Crippen molar-refractivity contribution in [2.45, 2.75) is 0 Å². The minimum atomic E-state index is 0.720. The summed E-state index contributed by atoms with van der Waals surface area (Å²) >= 11 is 1.72. The van der Waals surface area contributed by atoms with Crippen LogP contribution in [0.5, 0.6) is 0 Å². The molecule has 3 aromatic heterocycles. The molecule has 0 atom stereocenters. The van der Waals surface area contributed by atoms with Gasteiger partial charge in [0.2, 0.25) is 0 Å². The summed E-state index contributed by atoms with van der Waals surface area (Å²) in [6.07, 6.45) is 1.80. The minimum absolute atomic E-state index is 0.720. The number of para-hydroxylation sites is 1. The van der Waals surface area contributed by atoms with Crippen LogP contribution in [0.15, 0.2) is 141 Å². The number of nitrogens with zero attached hydrogens (tertiary/aromatic N) is 3. The first kappa shape index (κ1) is 24.5. The molecule has 0 aliphatic carbocycles. The molecule has 0 saturated heterocycles. The van der Waals surface area contributed by atoms with Crippen LogP contribution in [0, 0.1) is 0 Å². The molecule has 0 unspecified atom stereocenters. The lowest BCUT2D eigenvalue weighted by Gasteiger charge is -2.10. The standard InChI is InChI=1S/C38H25N3S/c1-3-24(2)41-32-15-9-7-13-29(32)31-23-28(21-22-33(31)41)37-39-36(35-30-14-8-10-16-34(30)42-38(35)40-37)27-19-17-26(18-20-27)25-11-5-4-6-12-25/h3-23H,1-2H2. The van der Waals surface area contributed by atoms with Crippen molar-refractivity contribution in [3.63, 3.8) is 0 Å². The van der Waals surface area contributed by atoms with E-state index >= 15 is 0 Å². The lowest BCUT2D eigenvalue weighted by atomic mass is 10.0. The fourth-order valence-corrected chi connectivity index (χ4v) is 7.00. The molecule has 3 nitrogen and oxygen atoms in total. The lowest BCUT2D eigenvalue weighted by molar-refractivity contribution is 1.23. The Hall–Kier alpha value is -5.32. The van der Waals surface area contributed by atoms with E-state index in [9.17, 15) is 0 Å². The Labute approximate surface area is 247 Å². The summed E-state index contributed by atoms with van der Waals surface area (Å²) in [7, 11) is 0. The van der Waals surface area contributed by atoms with Crippen molar-refractivity contribution < 1.29 is 0 Å². The van der Waals surface area contributed by atoms with Crippen LogP contribution < -0.4 is 0 Å². The van der Waals surface area contributed by atoms with Crippen molar-refractivity contribution in [2.75, 3.05) is 0 Å². The average Bonchev–Trinajstić information content (AvgIpc) is 3.60. The SMILES string of the molecule is C=CC(=C)n1c2ccccc2c2cc(-c3nc(-c4ccc(-c5ccccc5)cc4)c4c(n3)sc3ccccc34)ccc21. The van der Waals surface area contributed by atoms with Gasteiger partial charge >= 0.3 is 0 Å². The van der Waals surface area contributed by atoms with Gasteiger partial charge in [-0.3, -0.25) is 0 Å². The number of benzene rings is 5. The maximum absolute atomic E-state index is 5.27. The normalized spacial score (nSPS) is 11.5. The second-order valence-electron chi connectivity index (χ2n) is 10.4. The van der Waals surface area contributed by atoms with Gasteiger partial charge in [0.05, 0.1) is 16.7 Å². The van der Waals surface area contributed by atoms with E-state index in [1.807, 2.05) is 6.07 Å². The van der Waals surface area contributed by atoms with Gasteiger partial charge in [0, 0.05) is 43.1 Å². The van der Waals surface area contributed by atoms with Gasteiger partial charge in [0.25, 0.3) is 0 Å². The van der Waals surface area contributed by atoms with E-state index in [1.54, 1.807) is 17.4 Å². The second kappa shape index (κ2) is 9.65. The van der Waals surface area contributed by atoms with Crippen molar-refractivity contribution in [3.05, 3.63) is 141 Å². The number of fused-ring (bicyclic) bond motifs is 6. The summed E-state index contributed by atoms with van der Waals surface area (Å²) < 4.78 is 3.37. The fraction of sp³-hybridized carbons (Fsp3) is 0. The van der Waals surface area contributed by atoms with Crippen LogP contribution in [0.4, 0.5) is 0 Å². The molecule has 198 valence electrons. The molecule has 0 aliphatic heterocycles. The number of hydrogen-bond donors (Lipinski definition) is 0. The molecule has 0 spiro atoms. The summed E-state index contributed by atoms with van der Waals surface area (Å²) in [5.74, 6) is 0.720. The fourth-order valence-electron chi connectivity index (χ4n) is 5.92. The first-order chi connectivity index (χ1) is 20.7. The number of hydrogen-bond acceptors (Lipinski definition) is 3. The number of rotatable bonds is 5. The highest BCUT2D eigenvalue weighted by molar-refractivity contribution is 7.25. The quantitative estimate of drug-likeness (QED) is 0.198. The monoisotopic (exact) mass is 555 g/mol. The van der Waals surface area contributed by atoms with Gasteiger partial charge in [-0.2, -0.15) is 0 Å². The summed E-state index contributed by atoms with van der Waals surface area (Å²) in [5.41, 5.74) is 8.43. The predicted molar refractivity (Wildman–Crippen MR) is 180 cm³/mol. The van der Waals surface area contributed by atoms with Crippen molar-refractivity contribution in [1.82, 2.24) is 14.5 Å². The largest absolute Gasteiger partial charge is 0.310 e. The van der Waals surface area contributed by atoms with Crippen LogP contribution in [-0.2, 0) is 0 Å². The zero-order valence-corrected chi connectivity index (χ0v) is 23.6. The second-order valence-corrected chi connectivity index (χ2v) is 11.4. The number of thiophene rings is 1. The van der Waals surface area contributed by atoms with E-state index in [2.05, 4.69) is 133 Å². The summed E-state index contributed by atoms with van der Waals surface area (Å²) in [5, 5.41) is 4.59. The third kappa shape index (κ3) is 3.80. The Morgan fingerprint density at radius 2 is 1.26 bits per heavy atom. The molecule has 0 N–H and O–H groups in total. The van der Waals surface area contributed by atoms with Crippen LogP contribution in [0.2, 0.25) is 0 Å². The van der Waals surface area contributed by atoms with Crippen molar-refractivity contribution in [1.29, 1.82) is 0 Å². The van der Waals surface area contributed by atoms with Crippen LogP contribution in [-0.4, -0.2) is 14.5 Å². The molecule has 8 aromatic rings. The maximum atomic E-state index is 5.27. The van der Waals surface area contributed by atoms with Crippen LogP contribution in [0.25, 0.3) is 81.6 Å². The molecule has 0 saturated carbocycles. The summed E-state index contributed by atoms with van der Waals surface area (Å²) in [6, 6.07) is 42.6. The smallest absolute Gasteiger partial charge is 0.161 e. The molecule has 0 radical (unpaired) electrons. The van der Waals surface area contributed by atoms with Crippen molar-refractivity contribution >= 4 is 59.1 Å². The zero-order chi connectivity index (χ0) is 28.2. The van der Waals surface area contributed by atoms with Gasteiger partial charge in [-0.05, 0) is 47.5 Å². The molecule has 0 aliphatic rings. The number of aromatic nitrogens is 3. The van der Waals surface area contributed by atoms with Crippen LogP contribution in [0.1, 0.15) is 0 Å². The average molecular weight is 556 g/mol. The van der Waals surface area contributed by atoms with Gasteiger partial charge in [0.15, 0.2) is 5.82 Å². The molecule has 5 aromatic carbocycles. The van der Waals surface area contributed by atoms with E-state index in [0.717, 1.165) is 60.4 Å². The van der Waals surface area contributed by atoms with Crippen molar-refractivity contribution in [2.24, 2.45) is 0 Å². The molecule has 0 fully saturated rings. The van der Waals surface area contributed by atoms with E-state index in [0.29, 0.717) is 0 Å².